The highest BCUT2D eigenvalue weighted by Gasteiger charge is 2.22. The van der Waals surface area contributed by atoms with Gasteiger partial charge in [-0.05, 0) is 25.0 Å². The molecule has 0 amide bonds. The molecule has 1 atom stereocenters. The van der Waals surface area contributed by atoms with E-state index in [2.05, 4.69) is 88.0 Å². The number of hydrogen-bond acceptors (Lipinski definition) is 4. The molecule has 0 spiro atoms. The third-order valence-electron chi connectivity index (χ3n) is 4.57. The zero-order valence-corrected chi connectivity index (χ0v) is 14.9. The van der Waals surface area contributed by atoms with Crippen molar-refractivity contribution in [3.63, 3.8) is 0 Å². The molecule has 5 heteroatoms. The normalized spacial score (nSPS) is 12.4. The van der Waals surface area contributed by atoms with Gasteiger partial charge in [0.2, 0.25) is 0 Å². The van der Waals surface area contributed by atoms with E-state index in [0.717, 1.165) is 11.5 Å². The lowest BCUT2D eigenvalue weighted by atomic mass is 9.86. The lowest BCUT2D eigenvalue weighted by Gasteiger charge is -2.27. The molecule has 0 aliphatic carbocycles. The molecular weight excluding hydrogens is 322 g/mol. The van der Waals surface area contributed by atoms with Crippen molar-refractivity contribution in [1.29, 1.82) is 0 Å². The molecule has 0 aliphatic heterocycles. The van der Waals surface area contributed by atoms with Crippen LogP contribution in [0.1, 0.15) is 29.7 Å². The number of nitrogens with one attached hydrogen (secondary N) is 1. The third-order valence-corrected chi connectivity index (χ3v) is 4.57. The van der Waals surface area contributed by atoms with Crippen molar-refractivity contribution in [1.82, 2.24) is 19.6 Å². The van der Waals surface area contributed by atoms with Gasteiger partial charge < -0.3 is 5.32 Å². The van der Waals surface area contributed by atoms with Crippen LogP contribution < -0.4 is 5.32 Å². The second-order valence-corrected chi connectivity index (χ2v) is 6.49. The lowest BCUT2D eigenvalue weighted by Crippen LogP contribution is -2.26. The van der Waals surface area contributed by atoms with Gasteiger partial charge in [0.15, 0.2) is 0 Å². The molecule has 26 heavy (non-hydrogen) atoms. The van der Waals surface area contributed by atoms with Crippen LogP contribution in [0.2, 0.25) is 0 Å². The fraction of sp³-hybridized carbons (Fsp3) is 0.190. The highest BCUT2D eigenvalue weighted by atomic mass is 15.4. The van der Waals surface area contributed by atoms with Crippen molar-refractivity contribution in [3.05, 3.63) is 89.9 Å². The van der Waals surface area contributed by atoms with Crippen molar-refractivity contribution in [3.8, 4) is 0 Å². The maximum atomic E-state index is 4.41. The number of nitrogens with zero attached hydrogens (tertiary/aromatic N) is 4. The van der Waals surface area contributed by atoms with E-state index in [1.807, 2.05) is 13.0 Å². The Morgan fingerprint density at radius 1 is 0.923 bits per heavy atom. The monoisotopic (exact) mass is 343 g/mol. The zero-order chi connectivity index (χ0) is 17.9. The van der Waals surface area contributed by atoms with Gasteiger partial charge in [-0.1, -0.05) is 60.7 Å². The van der Waals surface area contributed by atoms with Crippen molar-refractivity contribution < 1.29 is 0 Å². The predicted molar refractivity (Wildman–Crippen MR) is 103 cm³/mol. The molecule has 130 valence electrons. The van der Waals surface area contributed by atoms with Gasteiger partial charge in [0.1, 0.15) is 12.1 Å². The van der Waals surface area contributed by atoms with Crippen LogP contribution in [0.3, 0.4) is 0 Å². The summed E-state index contributed by atoms with van der Waals surface area (Å²) < 4.78 is 1.75. The van der Waals surface area contributed by atoms with Crippen molar-refractivity contribution >= 4 is 11.6 Å². The van der Waals surface area contributed by atoms with Gasteiger partial charge in [-0.15, -0.1) is 0 Å². The van der Waals surface area contributed by atoms with Crippen LogP contribution in [0.15, 0.2) is 73.1 Å². The van der Waals surface area contributed by atoms with E-state index in [1.54, 1.807) is 4.52 Å². The Kier molecular flexibility index (Phi) is 4.35. The summed E-state index contributed by atoms with van der Waals surface area (Å²) in [4.78, 5) is 8.62. The fourth-order valence-corrected chi connectivity index (χ4v) is 3.44. The Hall–Kier alpha value is -3.21. The van der Waals surface area contributed by atoms with E-state index in [9.17, 15) is 0 Å². The molecule has 2 aromatic heterocycles. The first-order chi connectivity index (χ1) is 12.7. The van der Waals surface area contributed by atoms with Gasteiger partial charge in [-0.3, -0.25) is 0 Å². The summed E-state index contributed by atoms with van der Waals surface area (Å²) in [5.41, 5.74) is 3.47. The number of aryl methyl sites for hydroxylation is 1. The Morgan fingerprint density at radius 3 is 2.15 bits per heavy atom. The highest BCUT2D eigenvalue weighted by molar-refractivity contribution is 5.47. The summed E-state index contributed by atoms with van der Waals surface area (Å²) >= 11 is 0. The summed E-state index contributed by atoms with van der Waals surface area (Å²) in [5.74, 6) is 1.72. The number of hydrogen-bond donors (Lipinski definition) is 1. The van der Waals surface area contributed by atoms with E-state index in [0.29, 0.717) is 5.78 Å². The number of aromatic nitrogens is 4. The van der Waals surface area contributed by atoms with Gasteiger partial charge in [-0.25, -0.2) is 4.98 Å². The summed E-state index contributed by atoms with van der Waals surface area (Å²) in [5, 5.41) is 7.93. The van der Waals surface area contributed by atoms with E-state index >= 15 is 0 Å². The van der Waals surface area contributed by atoms with Crippen LogP contribution in [0.25, 0.3) is 5.78 Å². The molecule has 2 heterocycles. The minimum atomic E-state index is 0.147. The maximum absolute atomic E-state index is 4.41. The Morgan fingerprint density at radius 2 is 1.54 bits per heavy atom. The van der Waals surface area contributed by atoms with Gasteiger partial charge >= 0.3 is 0 Å². The molecule has 0 saturated carbocycles. The smallest absolute Gasteiger partial charge is 0.254 e. The Balaban J connectivity index is 1.73. The van der Waals surface area contributed by atoms with E-state index in [1.165, 1.54) is 17.5 Å². The van der Waals surface area contributed by atoms with Gasteiger partial charge in [-0.2, -0.15) is 14.6 Å². The molecule has 0 bridgehead atoms. The van der Waals surface area contributed by atoms with Crippen molar-refractivity contribution in [2.24, 2.45) is 0 Å². The highest BCUT2D eigenvalue weighted by Crippen LogP contribution is 2.29. The Labute approximate surface area is 152 Å². The molecule has 0 unspecified atom stereocenters. The van der Waals surface area contributed by atoms with Gasteiger partial charge in [0.25, 0.3) is 5.78 Å². The average molecular weight is 343 g/mol. The van der Waals surface area contributed by atoms with Gasteiger partial charge in [0.05, 0.1) is 0 Å². The molecule has 0 saturated heterocycles. The fourth-order valence-electron chi connectivity index (χ4n) is 3.44. The maximum Gasteiger partial charge on any atom is 0.254 e. The minimum Gasteiger partial charge on any atom is -0.366 e. The first kappa shape index (κ1) is 16.3. The largest absolute Gasteiger partial charge is 0.366 e. The molecule has 4 aromatic rings. The predicted octanol–water partition coefficient (Wildman–Crippen LogP) is 4.07. The van der Waals surface area contributed by atoms with E-state index in [4.69, 9.17) is 0 Å². The SMILES string of the molecule is Cc1cc(N[C@@H](C)C(c2ccccc2)c2ccccc2)n2ncnc2n1. The van der Waals surface area contributed by atoms with Crippen molar-refractivity contribution in [2.75, 3.05) is 5.32 Å². The van der Waals surface area contributed by atoms with Crippen LogP contribution >= 0.6 is 0 Å². The van der Waals surface area contributed by atoms with Crippen molar-refractivity contribution in [2.45, 2.75) is 25.8 Å². The average Bonchev–Trinajstić information content (AvgIpc) is 3.12. The third kappa shape index (κ3) is 3.16. The molecule has 0 aliphatic rings. The molecule has 2 aromatic carbocycles. The van der Waals surface area contributed by atoms with E-state index in [-0.39, 0.29) is 12.0 Å². The summed E-state index contributed by atoms with van der Waals surface area (Å²) in [6.45, 7) is 4.17. The number of benzene rings is 2. The zero-order valence-electron chi connectivity index (χ0n) is 14.9. The summed E-state index contributed by atoms with van der Waals surface area (Å²) in [7, 11) is 0. The van der Waals surface area contributed by atoms with Crippen LogP contribution in [-0.2, 0) is 0 Å². The quantitative estimate of drug-likeness (QED) is 0.593. The standard InChI is InChI=1S/C21H21N5/c1-15-13-19(26-21(24-15)22-14-23-26)25-16(2)20(17-9-5-3-6-10-17)18-11-7-4-8-12-18/h3-14,16,20,25H,1-2H3/t16-/m0/s1. The molecule has 1 N–H and O–H groups in total. The molecule has 0 fully saturated rings. The molecular formula is C21H21N5. The number of anilines is 1. The minimum absolute atomic E-state index is 0.147. The second-order valence-electron chi connectivity index (χ2n) is 6.49. The summed E-state index contributed by atoms with van der Waals surface area (Å²) in [6, 6.07) is 23.3. The molecule has 4 rings (SSSR count). The summed E-state index contributed by atoms with van der Waals surface area (Å²) in [6.07, 6.45) is 1.53. The van der Waals surface area contributed by atoms with Crippen LogP contribution in [0.4, 0.5) is 5.82 Å². The van der Waals surface area contributed by atoms with Crippen LogP contribution in [-0.4, -0.2) is 25.6 Å². The number of rotatable bonds is 5. The Bertz CT molecular complexity index is 955. The topological polar surface area (TPSA) is 55.1 Å². The lowest BCUT2D eigenvalue weighted by molar-refractivity contribution is 0.677. The van der Waals surface area contributed by atoms with Crippen LogP contribution in [0.5, 0.6) is 0 Å². The first-order valence-electron chi connectivity index (χ1n) is 8.76. The molecule has 5 nitrogen and oxygen atoms in total. The second kappa shape index (κ2) is 6.96. The number of fused-ring (bicyclic) bond motifs is 1. The first-order valence-corrected chi connectivity index (χ1v) is 8.76. The van der Waals surface area contributed by atoms with E-state index < -0.39 is 0 Å². The van der Waals surface area contributed by atoms with Crippen LogP contribution in [0, 0.1) is 6.92 Å². The van der Waals surface area contributed by atoms with Gasteiger partial charge in [0, 0.05) is 23.7 Å². The molecule has 0 radical (unpaired) electrons.